The van der Waals surface area contributed by atoms with Crippen molar-refractivity contribution in [1.82, 2.24) is 15.3 Å². The highest BCUT2D eigenvalue weighted by atomic mass is 16.4. The molecule has 0 atom stereocenters. The number of hydrogen-bond acceptors (Lipinski definition) is 4. The Morgan fingerprint density at radius 1 is 1.17 bits per heavy atom. The van der Waals surface area contributed by atoms with Gasteiger partial charge in [0.25, 0.3) is 0 Å². The number of nitrogens with one attached hydrogen (secondary N) is 1. The van der Waals surface area contributed by atoms with E-state index < -0.39 is 5.97 Å². The standard InChI is InChI=1S/C18H19N3O3/c22-16(9-14-3-1-2-4-15(14)18(23)24)19-8-7-12-10-20-17(21-11-12)13-5-6-13/h1-4,10-11,13H,5-9H2,(H,19,22)(H,23,24). The van der Waals surface area contributed by atoms with Gasteiger partial charge in [0.05, 0.1) is 12.0 Å². The maximum absolute atomic E-state index is 12.0. The van der Waals surface area contributed by atoms with Gasteiger partial charge in [0.2, 0.25) is 5.91 Å². The van der Waals surface area contributed by atoms with Gasteiger partial charge in [-0.05, 0) is 36.5 Å². The average molecular weight is 325 g/mol. The van der Waals surface area contributed by atoms with E-state index in [9.17, 15) is 9.59 Å². The van der Waals surface area contributed by atoms with Crippen molar-refractivity contribution in [2.24, 2.45) is 0 Å². The molecule has 0 unspecified atom stereocenters. The zero-order chi connectivity index (χ0) is 16.9. The van der Waals surface area contributed by atoms with Crippen LogP contribution in [-0.2, 0) is 17.6 Å². The van der Waals surface area contributed by atoms with Gasteiger partial charge in [-0.2, -0.15) is 0 Å². The van der Waals surface area contributed by atoms with Gasteiger partial charge < -0.3 is 10.4 Å². The number of carbonyl (C=O) groups is 2. The minimum absolute atomic E-state index is 0.0551. The van der Waals surface area contributed by atoms with Crippen molar-refractivity contribution < 1.29 is 14.7 Å². The summed E-state index contributed by atoms with van der Waals surface area (Å²) in [5, 5.41) is 11.9. The van der Waals surface area contributed by atoms with Crippen LogP contribution in [0.3, 0.4) is 0 Å². The fourth-order valence-electron chi connectivity index (χ4n) is 2.51. The Kier molecular flexibility index (Phi) is 4.84. The molecular weight excluding hydrogens is 306 g/mol. The van der Waals surface area contributed by atoms with Crippen LogP contribution in [-0.4, -0.2) is 33.5 Å². The van der Waals surface area contributed by atoms with Gasteiger partial charge >= 0.3 is 5.97 Å². The quantitative estimate of drug-likeness (QED) is 0.812. The van der Waals surface area contributed by atoms with Crippen LogP contribution in [0.25, 0.3) is 0 Å². The summed E-state index contributed by atoms with van der Waals surface area (Å²) in [6.07, 6.45) is 6.68. The summed E-state index contributed by atoms with van der Waals surface area (Å²) < 4.78 is 0. The van der Waals surface area contributed by atoms with E-state index in [4.69, 9.17) is 5.11 Å². The number of rotatable bonds is 7. The molecule has 2 aromatic rings. The summed E-state index contributed by atoms with van der Waals surface area (Å²) >= 11 is 0. The predicted octanol–water partition coefficient (Wildman–Crippen LogP) is 1.95. The minimum atomic E-state index is -1.02. The second-order valence-corrected chi connectivity index (χ2v) is 5.96. The molecule has 0 radical (unpaired) electrons. The van der Waals surface area contributed by atoms with E-state index in [0.29, 0.717) is 24.4 Å². The molecule has 1 saturated carbocycles. The molecule has 1 aromatic heterocycles. The first-order chi connectivity index (χ1) is 11.6. The molecule has 24 heavy (non-hydrogen) atoms. The van der Waals surface area contributed by atoms with Crippen molar-refractivity contribution in [3.05, 3.63) is 59.2 Å². The maximum Gasteiger partial charge on any atom is 0.335 e. The van der Waals surface area contributed by atoms with E-state index in [-0.39, 0.29) is 17.9 Å². The van der Waals surface area contributed by atoms with Crippen molar-refractivity contribution in [2.75, 3.05) is 6.54 Å². The maximum atomic E-state index is 12.0. The summed E-state index contributed by atoms with van der Waals surface area (Å²) in [5.74, 6) is 0.228. The van der Waals surface area contributed by atoms with Crippen LogP contribution >= 0.6 is 0 Å². The first kappa shape index (κ1) is 16.1. The van der Waals surface area contributed by atoms with Crippen LogP contribution < -0.4 is 5.32 Å². The molecule has 6 nitrogen and oxygen atoms in total. The second-order valence-electron chi connectivity index (χ2n) is 5.96. The molecule has 1 fully saturated rings. The molecule has 3 rings (SSSR count). The molecule has 1 aliphatic carbocycles. The molecule has 0 aliphatic heterocycles. The second kappa shape index (κ2) is 7.21. The topological polar surface area (TPSA) is 92.2 Å². The molecule has 6 heteroatoms. The van der Waals surface area contributed by atoms with Gasteiger partial charge in [-0.1, -0.05) is 18.2 Å². The summed E-state index contributed by atoms with van der Waals surface area (Å²) in [5.41, 5.74) is 1.65. The smallest absolute Gasteiger partial charge is 0.335 e. The number of nitrogens with zero attached hydrogens (tertiary/aromatic N) is 2. The van der Waals surface area contributed by atoms with E-state index in [1.54, 1.807) is 18.2 Å². The fourth-order valence-corrected chi connectivity index (χ4v) is 2.51. The Labute approximate surface area is 140 Å². The first-order valence-corrected chi connectivity index (χ1v) is 8.02. The number of amides is 1. The summed E-state index contributed by atoms with van der Waals surface area (Å²) in [7, 11) is 0. The van der Waals surface area contributed by atoms with Gasteiger partial charge in [0, 0.05) is 24.9 Å². The highest BCUT2D eigenvalue weighted by Crippen LogP contribution is 2.37. The molecule has 0 saturated heterocycles. The molecular formula is C18H19N3O3. The number of benzene rings is 1. The lowest BCUT2D eigenvalue weighted by Crippen LogP contribution is -2.27. The summed E-state index contributed by atoms with van der Waals surface area (Å²) in [4.78, 5) is 31.8. The SMILES string of the molecule is O=C(Cc1ccccc1C(=O)O)NCCc1cnc(C2CC2)nc1. The zero-order valence-electron chi connectivity index (χ0n) is 13.2. The van der Waals surface area contributed by atoms with Crippen molar-refractivity contribution in [2.45, 2.75) is 31.6 Å². The molecule has 0 spiro atoms. The highest BCUT2D eigenvalue weighted by Gasteiger charge is 2.26. The van der Waals surface area contributed by atoms with Gasteiger partial charge in [0.1, 0.15) is 5.82 Å². The lowest BCUT2D eigenvalue weighted by Gasteiger charge is -2.07. The molecule has 0 bridgehead atoms. The number of aromatic nitrogens is 2. The molecule has 124 valence electrons. The number of carboxylic acids is 1. The molecule has 1 aromatic carbocycles. The monoisotopic (exact) mass is 325 g/mol. The number of carboxylic acid groups (broad SMARTS) is 1. The third kappa shape index (κ3) is 4.16. The molecule has 1 aliphatic rings. The first-order valence-electron chi connectivity index (χ1n) is 8.02. The normalized spacial score (nSPS) is 13.5. The van der Waals surface area contributed by atoms with Crippen molar-refractivity contribution in [3.63, 3.8) is 0 Å². The van der Waals surface area contributed by atoms with E-state index in [0.717, 1.165) is 11.4 Å². The van der Waals surface area contributed by atoms with Gasteiger partial charge in [-0.15, -0.1) is 0 Å². The van der Waals surface area contributed by atoms with Crippen LogP contribution in [0.1, 0.15) is 46.1 Å². The van der Waals surface area contributed by atoms with Gasteiger partial charge in [-0.3, -0.25) is 4.79 Å². The third-order valence-electron chi connectivity index (χ3n) is 4.00. The molecule has 1 heterocycles. The van der Waals surface area contributed by atoms with Crippen LogP contribution in [0.2, 0.25) is 0 Å². The Morgan fingerprint density at radius 3 is 2.54 bits per heavy atom. The van der Waals surface area contributed by atoms with Crippen LogP contribution in [0.4, 0.5) is 0 Å². The molecule has 2 N–H and O–H groups in total. The Bertz CT molecular complexity index is 739. The fraction of sp³-hybridized carbons (Fsp3) is 0.333. The summed E-state index contributed by atoms with van der Waals surface area (Å²) in [6, 6.07) is 6.54. The lowest BCUT2D eigenvalue weighted by molar-refractivity contribution is -0.120. The number of carbonyl (C=O) groups excluding carboxylic acids is 1. The average Bonchev–Trinajstić information content (AvgIpc) is 3.41. The lowest BCUT2D eigenvalue weighted by atomic mass is 10.0. The van der Waals surface area contributed by atoms with Gasteiger partial charge in [-0.25, -0.2) is 14.8 Å². The Balaban J connectivity index is 1.48. The molecule has 1 amide bonds. The van der Waals surface area contributed by atoms with Crippen molar-refractivity contribution in [3.8, 4) is 0 Å². The van der Waals surface area contributed by atoms with E-state index in [1.165, 1.54) is 18.9 Å². The Hall–Kier alpha value is -2.76. The zero-order valence-corrected chi connectivity index (χ0v) is 13.2. The number of hydrogen-bond donors (Lipinski definition) is 2. The van der Waals surface area contributed by atoms with Crippen LogP contribution in [0.5, 0.6) is 0 Å². The van der Waals surface area contributed by atoms with Gasteiger partial charge in [0.15, 0.2) is 0 Å². The Morgan fingerprint density at radius 2 is 1.88 bits per heavy atom. The van der Waals surface area contributed by atoms with E-state index in [2.05, 4.69) is 15.3 Å². The van der Waals surface area contributed by atoms with E-state index in [1.807, 2.05) is 12.4 Å². The number of aromatic carboxylic acids is 1. The van der Waals surface area contributed by atoms with Crippen LogP contribution in [0.15, 0.2) is 36.7 Å². The minimum Gasteiger partial charge on any atom is -0.478 e. The van der Waals surface area contributed by atoms with E-state index >= 15 is 0 Å². The van der Waals surface area contributed by atoms with Crippen molar-refractivity contribution in [1.29, 1.82) is 0 Å². The van der Waals surface area contributed by atoms with Crippen molar-refractivity contribution >= 4 is 11.9 Å². The van der Waals surface area contributed by atoms with Crippen LogP contribution in [0, 0.1) is 0 Å². The predicted molar refractivity (Wildman–Crippen MR) is 87.8 cm³/mol. The summed E-state index contributed by atoms with van der Waals surface area (Å²) in [6.45, 7) is 0.472. The largest absolute Gasteiger partial charge is 0.478 e. The third-order valence-corrected chi connectivity index (χ3v) is 4.00. The highest BCUT2D eigenvalue weighted by molar-refractivity contribution is 5.91.